The van der Waals surface area contributed by atoms with Gasteiger partial charge in [-0.1, -0.05) is 0 Å². The van der Waals surface area contributed by atoms with E-state index in [0.29, 0.717) is 0 Å². The molecule has 2 heterocycles. The second kappa shape index (κ2) is 4.75. The summed E-state index contributed by atoms with van der Waals surface area (Å²) in [5.74, 6) is 0. The van der Waals surface area contributed by atoms with Crippen LogP contribution in [0.15, 0.2) is 16.9 Å². The summed E-state index contributed by atoms with van der Waals surface area (Å²) in [6, 6.07) is 3.96. The molecule has 1 aromatic carbocycles. The molecule has 0 aliphatic carbocycles. The molecule has 0 amide bonds. The van der Waals surface area contributed by atoms with Crippen LogP contribution in [0.4, 0.5) is 0 Å². The summed E-state index contributed by atoms with van der Waals surface area (Å²) in [5, 5.41) is 0. The van der Waals surface area contributed by atoms with Gasteiger partial charge in [0.1, 0.15) is 0 Å². The number of imidazole rings is 1. The second-order valence-corrected chi connectivity index (χ2v) is 5.68. The fourth-order valence-corrected chi connectivity index (χ4v) is 3.11. The third-order valence-electron chi connectivity index (χ3n) is 4.38. The van der Waals surface area contributed by atoms with E-state index in [1.54, 1.807) is 23.2 Å². The van der Waals surface area contributed by atoms with Gasteiger partial charge in [-0.05, 0) is 43.0 Å². The van der Waals surface area contributed by atoms with Crippen molar-refractivity contribution < 1.29 is 4.74 Å². The molecule has 5 heteroatoms. The number of fused-ring (bicyclic) bond motifs is 1. The summed E-state index contributed by atoms with van der Waals surface area (Å²) in [6.45, 7) is 2.84. The number of hydrogen-bond donors (Lipinski definition) is 1. The smallest absolute Gasteiger partial charge is 0.328 e. The van der Waals surface area contributed by atoms with E-state index < -0.39 is 0 Å². The van der Waals surface area contributed by atoms with Crippen LogP contribution in [0.25, 0.3) is 11.0 Å². The standard InChI is InChI=1S/C15H21N3O2/c1-9-7-11-12(18(3)15(19)17(11)2)8-10(9)14(16)13-5-4-6-20-13/h7-8,13-14H,4-6,16H2,1-3H3. The number of hydrogen-bond acceptors (Lipinski definition) is 3. The number of aromatic nitrogens is 2. The molecule has 1 fully saturated rings. The summed E-state index contributed by atoms with van der Waals surface area (Å²) < 4.78 is 9.03. The molecule has 0 bridgehead atoms. The predicted molar refractivity (Wildman–Crippen MR) is 78.8 cm³/mol. The first kappa shape index (κ1) is 13.4. The van der Waals surface area contributed by atoms with E-state index in [1.807, 2.05) is 19.1 Å². The van der Waals surface area contributed by atoms with Gasteiger partial charge in [-0.15, -0.1) is 0 Å². The minimum absolute atomic E-state index is 0.0118. The van der Waals surface area contributed by atoms with Crippen molar-refractivity contribution in [2.45, 2.75) is 31.9 Å². The SMILES string of the molecule is Cc1cc2c(cc1C(N)C1CCCO1)n(C)c(=O)n2C. The Morgan fingerprint density at radius 2 is 1.95 bits per heavy atom. The molecule has 2 unspecified atom stereocenters. The van der Waals surface area contributed by atoms with Gasteiger partial charge >= 0.3 is 5.69 Å². The lowest BCUT2D eigenvalue weighted by Gasteiger charge is -2.21. The zero-order valence-electron chi connectivity index (χ0n) is 12.2. The monoisotopic (exact) mass is 275 g/mol. The molecule has 1 aromatic heterocycles. The minimum Gasteiger partial charge on any atom is -0.376 e. The fraction of sp³-hybridized carbons (Fsp3) is 0.533. The van der Waals surface area contributed by atoms with E-state index in [9.17, 15) is 4.79 Å². The topological polar surface area (TPSA) is 62.2 Å². The van der Waals surface area contributed by atoms with Crippen molar-refractivity contribution in [3.63, 3.8) is 0 Å². The predicted octanol–water partition coefficient (Wildman–Crippen LogP) is 1.36. The fourth-order valence-electron chi connectivity index (χ4n) is 3.11. The van der Waals surface area contributed by atoms with Crippen molar-refractivity contribution in [3.05, 3.63) is 33.7 Å². The van der Waals surface area contributed by atoms with Crippen LogP contribution in [0.1, 0.15) is 30.0 Å². The number of nitrogens with two attached hydrogens (primary N) is 1. The van der Waals surface area contributed by atoms with Crippen LogP contribution in [0.3, 0.4) is 0 Å². The Morgan fingerprint density at radius 3 is 2.55 bits per heavy atom. The molecule has 1 aliphatic heterocycles. The van der Waals surface area contributed by atoms with Crippen LogP contribution >= 0.6 is 0 Å². The van der Waals surface area contributed by atoms with Gasteiger partial charge < -0.3 is 10.5 Å². The Hall–Kier alpha value is -1.59. The van der Waals surface area contributed by atoms with Crippen molar-refractivity contribution in [1.29, 1.82) is 0 Å². The molecule has 0 spiro atoms. The highest BCUT2D eigenvalue weighted by molar-refractivity contribution is 5.78. The first-order chi connectivity index (χ1) is 9.50. The summed E-state index contributed by atoms with van der Waals surface area (Å²) in [6.07, 6.45) is 2.17. The minimum atomic E-state index is -0.128. The molecule has 3 rings (SSSR count). The lowest BCUT2D eigenvalue weighted by molar-refractivity contribution is 0.0899. The first-order valence-corrected chi connectivity index (χ1v) is 7.04. The highest BCUT2D eigenvalue weighted by Gasteiger charge is 2.26. The third-order valence-corrected chi connectivity index (χ3v) is 4.38. The molecule has 2 atom stereocenters. The Morgan fingerprint density at radius 1 is 1.30 bits per heavy atom. The number of benzene rings is 1. The van der Waals surface area contributed by atoms with Crippen molar-refractivity contribution in [2.24, 2.45) is 19.8 Å². The van der Waals surface area contributed by atoms with Gasteiger partial charge in [-0.25, -0.2) is 4.79 Å². The van der Waals surface area contributed by atoms with Crippen molar-refractivity contribution in [1.82, 2.24) is 9.13 Å². The molecular weight excluding hydrogens is 254 g/mol. The molecule has 1 aliphatic rings. The zero-order chi connectivity index (χ0) is 14.4. The Balaban J connectivity index is 2.14. The van der Waals surface area contributed by atoms with Gasteiger partial charge in [0, 0.05) is 20.7 Å². The molecule has 5 nitrogen and oxygen atoms in total. The highest BCUT2D eigenvalue weighted by atomic mass is 16.5. The summed E-state index contributed by atoms with van der Waals surface area (Å²) in [4.78, 5) is 12.0. The summed E-state index contributed by atoms with van der Waals surface area (Å²) in [7, 11) is 3.59. The number of aryl methyl sites for hydroxylation is 3. The van der Waals surface area contributed by atoms with Gasteiger partial charge in [0.15, 0.2) is 0 Å². The molecule has 108 valence electrons. The van der Waals surface area contributed by atoms with Gasteiger partial charge in [0.25, 0.3) is 0 Å². The van der Waals surface area contributed by atoms with E-state index in [0.717, 1.165) is 41.6 Å². The van der Waals surface area contributed by atoms with Gasteiger partial charge in [-0.2, -0.15) is 0 Å². The average molecular weight is 275 g/mol. The van der Waals surface area contributed by atoms with Crippen molar-refractivity contribution in [2.75, 3.05) is 6.61 Å². The number of nitrogens with zero attached hydrogens (tertiary/aromatic N) is 2. The normalized spacial score (nSPS) is 20.7. The highest BCUT2D eigenvalue weighted by Crippen LogP contribution is 2.29. The number of ether oxygens (including phenoxy) is 1. The van der Waals surface area contributed by atoms with E-state index in [2.05, 4.69) is 0 Å². The maximum absolute atomic E-state index is 12.0. The molecule has 2 aromatic rings. The second-order valence-electron chi connectivity index (χ2n) is 5.68. The third kappa shape index (κ3) is 1.89. The van der Waals surface area contributed by atoms with Crippen LogP contribution in [0, 0.1) is 6.92 Å². The molecule has 0 radical (unpaired) electrons. The summed E-state index contributed by atoms with van der Waals surface area (Å²) >= 11 is 0. The lowest BCUT2D eigenvalue weighted by atomic mass is 9.95. The average Bonchev–Trinajstić information content (AvgIpc) is 3.03. The van der Waals surface area contributed by atoms with Crippen LogP contribution < -0.4 is 11.4 Å². The number of rotatable bonds is 2. The van der Waals surface area contributed by atoms with Crippen LogP contribution in [0.5, 0.6) is 0 Å². The molecule has 2 N–H and O–H groups in total. The molecule has 1 saturated heterocycles. The Kier molecular flexibility index (Phi) is 3.18. The Labute approximate surface area is 117 Å². The first-order valence-electron chi connectivity index (χ1n) is 7.04. The van der Waals surface area contributed by atoms with E-state index in [1.165, 1.54) is 0 Å². The zero-order valence-corrected chi connectivity index (χ0v) is 12.2. The van der Waals surface area contributed by atoms with Crippen molar-refractivity contribution >= 4 is 11.0 Å². The maximum Gasteiger partial charge on any atom is 0.328 e. The van der Waals surface area contributed by atoms with Gasteiger partial charge in [0.2, 0.25) is 0 Å². The van der Waals surface area contributed by atoms with E-state index in [4.69, 9.17) is 10.5 Å². The largest absolute Gasteiger partial charge is 0.376 e. The quantitative estimate of drug-likeness (QED) is 0.900. The molecule has 20 heavy (non-hydrogen) atoms. The molecular formula is C15H21N3O2. The summed E-state index contributed by atoms with van der Waals surface area (Å²) in [5.41, 5.74) is 10.4. The van der Waals surface area contributed by atoms with Crippen molar-refractivity contribution in [3.8, 4) is 0 Å². The van der Waals surface area contributed by atoms with Crippen LogP contribution in [-0.4, -0.2) is 21.8 Å². The Bertz CT molecular complexity index is 708. The molecule has 0 saturated carbocycles. The van der Waals surface area contributed by atoms with Gasteiger partial charge in [0.05, 0.1) is 23.2 Å². The van der Waals surface area contributed by atoms with Crippen LogP contribution in [0.2, 0.25) is 0 Å². The van der Waals surface area contributed by atoms with Crippen LogP contribution in [-0.2, 0) is 18.8 Å². The van der Waals surface area contributed by atoms with E-state index in [-0.39, 0.29) is 17.8 Å². The van der Waals surface area contributed by atoms with E-state index >= 15 is 0 Å². The maximum atomic E-state index is 12.0. The lowest BCUT2D eigenvalue weighted by Crippen LogP contribution is -2.26. The van der Waals surface area contributed by atoms with Gasteiger partial charge in [-0.3, -0.25) is 9.13 Å².